The van der Waals surface area contributed by atoms with Gasteiger partial charge in [0, 0.05) is 18.0 Å². The highest BCUT2D eigenvalue weighted by molar-refractivity contribution is 5.98. The number of rotatable bonds is 4. The maximum atomic E-state index is 13.0. The van der Waals surface area contributed by atoms with E-state index < -0.39 is 11.7 Å². The number of primary amides is 1. The second-order valence-electron chi connectivity index (χ2n) is 3.63. The first-order valence-electron chi connectivity index (χ1n) is 5.32. The summed E-state index contributed by atoms with van der Waals surface area (Å²) in [5.41, 5.74) is 5.73. The third-order valence-electron chi connectivity index (χ3n) is 2.33. The minimum atomic E-state index is -0.768. The van der Waals surface area contributed by atoms with E-state index in [9.17, 15) is 9.18 Å². The van der Waals surface area contributed by atoms with Crippen molar-refractivity contribution in [3.05, 3.63) is 42.0 Å². The number of amides is 1. The molecule has 0 atom stereocenters. The summed E-state index contributed by atoms with van der Waals surface area (Å²) >= 11 is 0. The van der Waals surface area contributed by atoms with Crippen LogP contribution >= 0.6 is 0 Å². The summed E-state index contributed by atoms with van der Waals surface area (Å²) in [4.78, 5) is 19.0. The Balaban J connectivity index is 2.34. The fourth-order valence-electron chi connectivity index (χ4n) is 1.46. The number of carbonyl (C=O) groups is 1. The van der Waals surface area contributed by atoms with E-state index in [-0.39, 0.29) is 11.4 Å². The third kappa shape index (κ3) is 2.95. The summed E-state index contributed by atoms with van der Waals surface area (Å²) < 4.78 is 18.0. The zero-order valence-corrected chi connectivity index (χ0v) is 10.1. The fraction of sp³-hybridized carbons (Fsp3) is 0.0833. The SMILES string of the molecule is COc1cc(Nc2ncc(F)cc2C(N)=O)ccn1. The van der Waals surface area contributed by atoms with Gasteiger partial charge in [0.25, 0.3) is 5.91 Å². The number of nitrogens with one attached hydrogen (secondary N) is 1. The van der Waals surface area contributed by atoms with Gasteiger partial charge in [0.15, 0.2) is 0 Å². The average molecular weight is 262 g/mol. The van der Waals surface area contributed by atoms with Crippen LogP contribution in [-0.4, -0.2) is 23.0 Å². The van der Waals surface area contributed by atoms with Crippen molar-refractivity contribution >= 4 is 17.4 Å². The molecule has 2 heterocycles. The standard InChI is InChI=1S/C12H11FN4O2/c1-19-10-5-8(2-3-15-10)17-12-9(11(14)18)4-7(13)6-16-12/h2-6H,1H3,(H2,14,18)(H,15,16,17). The summed E-state index contributed by atoms with van der Waals surface area (Å²) in [5, 5.41) is 2.86. The molecule has 0 spiro atoms. The van der Waals surface area contributed by atoms with Gasteiger partial charge in [-0.1, -0.05) is 0 Å². The summed E-state index contributed by atoms with van der Waals surface area (Å²) in [6, 6.07) is 4.28. The summed E-state index contributed by atoms with van der Waals surface area (Å²) in [6.07, 6.45) is 2.52. The lowest BCUT2D eigenvalue weighted by atomic mass is 10.2. The molecule has 0 unspecified atom stereocenters. The predicted octanol–water partition coefficient (Wildman–Crippen LogP) is 1.47. The normalized spacial score (nSPS) is 10.0. The van der Waals surface area contributed by atoms with Crippen molar-refractivity contribution in [1.29, 1.82) is 0 Å². The number of anilines is 2. The van der Waals surface area contributed by atoms with Gasteiger partial charge in [-0.25, -0.2) is 14.4 Å². The van der Waals surface area contributed by atoms with Crippen LogP contribution in [0.4, 0.5) is 15.9 Å². The van der Waals surface area contributed by atoms with E-state index in [1.807, 2.05) is 0 Å². The number of hydrogen-bond acceptors (Lipinski definition) is 5. The van der Waals surface area contributed by atoms with Crippen LogP contribution in [0.15, 0.2) is 30.6 Å². The molecule has 0 bridgehead atoms. The Hall–Kier alpha value is -2.70. The Bertz CT molecular complexity index is 618. The van der Waals surface area contributed by atoms with E-state index in [2.05, 4.69) is 15.3 Å². The second kappa shape index (κ2) is 5.30. The molecule has 2 aromatic heterocycles. The highest BCUT2D eigenvalue weighted by atomic mass is 19.1. The molecular formula is C12H11FN4O2. The van der Waals surface area contributed by atoms with Gasteiger partial charge in [0.2, 0.25) is 5.88 Å². The molecular weight excluding hydrogens is 251 g/mol. The average Bonchev–Trinajstić information content (AvgIpc) is 2.41. The number of halogens is 1. The highest BCUT2D eigenvalue weighted by Crippen LogP contribution is 2.21. The zero-order valence-electron chi connectivity index (χ0n) is 10.1. The lowest BCUT2D eigenvalue weighted by Crippen LogP contribution is -2.14. The van der Waals surface area contributed by atoms with Crippen molar-refractivity contribution in [1.82, 2.24) is 9.97 Å². The van der Waals surface area contributed by atoms with Crippen LogP contribution < -0.4 is 15.8 Å². The van der Waals surface area contributed by atoms with Crippen molar-refractivity contribution in [2.75, 3.05) is 12.4 Å². The number of nitrogens with zero attached hydrogens (tertiary/aromatic N) is 2. The van der Waals surface area contributed by atoms with Crippen molar-refractivity contribution < 1.29 is 13.9 Å². The van der Waals surface area contributed by atoms with Gasteiger partial charge in [-0.3, -0.25) is 4.79 Å². The first-order chi connectivity index (χ1) is 9.10. The smallest absolute Gasteiger partial charge is 0.252 e. The van der Waals surface area contributed by atoms with Gasteiger partial charge < -0.3 is 15.8 Å². The summed E-state index contributed by atoms with van der Waals surface area (Å²) in [7, 11) is 1.48. The summed E-state index contributed by atoms with van der Waals surface area (Å²) in [5.74, 6) is -0.836. The van der Waals surface area contributed by atoms with Crippen molar-refractivity contribution in [2.45, 2.75) is 0 Å². The Morgan fingerprint density at radius 2 is 2.21 bits per heavy atom. The Labute approximate surface area is 108 Å². The summed E-state index contributed by atoms with van der Waals surface area (Å²) in [6.45, 7) is 0. The molecule has 0 fully saturated rings. The molecule has 98 valence electrons. The molecule has 0 aliphatic carbocycles. The molecule has 7 heteroatoms. The number of methoxy groups -OCH3 is 1. The number of hydrogen-bond donors (Lipinski definition) is 2. The molecule has 3 N–H and O–H groups in total. The first kappa shape index (κ1) is 12.7. The maximum Gasteiger partial charge on any atom is 0.252 e. The lowest BCUT2D eigenvalue weighted by Gasteiger charge is -2.09. The maximum absolute atomic E-state index is 13.0. The molecule has 0 saturated carbocycles. The number of aromatic nitrogens is 2. The van der Waals surface area contributed by atoms with Crippen molar-refractivity contribution in [3.8, 4) is 5.88 Å². The van der Waals surface area contributed by atoms with Crippen LogP contribution in [0.2, 0.25) is 0 Å². The number of ether oxygens (including phenoxy) is 1. The Morgan fingerprint density at radius 3 is 2.89 bits per heavy atom. The highest BCUT2D eigenvalue weighted by Gasteiger charge is 2.11. The topological polar surface area (TPSA) is 90.1 Å². The number of pyridine rings is 2. The lowest BCUT2D eigenvalue weighted by molar-refractivity contribution is 0.100. The van der Waals surface area contributed by atoms with Gasteiger partial charge >= 0.3 is 0 Å². The van der Waals surface area contributed by atoms with Crippen LogP contribution in [0.25, 0.3) is 0 Å². The number of carbonyl (C=O) groups excluding carboxylic acids is 1. The molecule has 0 aliphatic heterocycles. The minimum Gasteiger partial charge on any atom is -0.481 e. The van der Waals surface area contributed by atoms with Gasteiger partial charge in [-0.2, -0.15) is 0 Å². The van der Waals surface area contributed by atoms with Crippen LogP contribution in [0.5, 0.6) is 5.88 Å². The van der Waals surface area contributed by atoms with E-state index in [1.165, 1.54) is 13.3 Å². The van der Waals surface area contributed by atoms with Gasteiger partial charge in [0.05, 0.1) is 18.9 Å². The largest absolute Gasteiger partial charge is 0.481 e. The fourth-order valence-corrected chi connectivity index (χ4v) is 1.46. The van der Waals surface area contributed by atoms with E-state index >= 15 is 0 Å². The quantitative estimate of drug-likeness (QED) is 0.870. The van der Waals surface area contributed by atoms with E-state index in [0.29, 0.717) is 11.6 Å². The van der Waals surface area contributed by atoms with Crippen molar-refractivity contribution in [2.24, 2.45) is 5.73 Å². The Kier molecular flexibility index (Phi) is 3.56. The monoisotopic (exact) mass is 262 g/mol. The van der Waals surface area contributed by atoms with Crippen LogP contribution in [0, 0.1) is 5.82 Å². The minimum absolute atomic E-state index is 0.0317. The molecule has 0 radical (unpaired) electrons. The molecule has 0 aromatic carbocycles. The van der Waals surface area contributed by atoms with Crippen molar-refractivity contribution in [3.63, 3.8) is 0 Å². The second-order valence-corrected chi connectivity index (χ2v) is 3.63. The van der Waals surface area contributed by atoms with Gasteiger partial charge in [-0.05, 0) is 12.1 Å². The zero-order chi connectivity index (χ0) is 13.8. The van der Waals surface area contributed by atoms with E-state index in [0.717, 1.165) is 12.3 Å². The molecule has 2 rings (SSSR count). The van der Waals surface area contributed by atoms with Gasteiger partial charge in [-0.15, -0.1) is 0 Å². The molecule has 0 saturated heterocycles. The molecule has 6 nitrogen and oxygen atoms in total. The molecule has 1 amide bonds. The molecule has 0 aliphatic rings. The third-order valence-corrected chi connectivity index (χ3v) is 2.33. The first-order valence-corrected chi connectivity index (χ1v) is 5.32. The van der Waals surface area contributed by atoms with Crippen LogP contribution in [0.1, 0.15) is 10.4 Å². The molecule has 2 aromatic rings. The van der Waals surface area contributed by atoms with E-state index in [1.54, 1.807) is 12.1 Å². The van der Waals surface area contributed by atoms with Crippen LogP contribution in [-0.2, 0) is 0 Å². The predicted molar refractivity (Wildman–Crippen MR) is 66.8 cm³/mol. The van der Waals surface area contributed by atoms with Crippen LogP contribution in [0.3, 0.4) is 0 Å². The van der Waals surface area contributed by atoms with Gasteiger partial charge in [0.1, 0.15) is 11.6 Å². The number of nitrogens with two attached hydrogens (primary N) is 1. The van der Waals surface area contributed by atoms with E-state index in [4.69, 9.17) is 10.5 Å². The Morgan fingerprint density at radius 1 is 1.42 bits per heavy atom. The molecule has 19 heavy (non-hydrogen) atoms.